The van der Waals surface area contributed by atoms with Gasteiger partial charge < -0.3 is 10.0 Å². The Morgan fingerprint density at radius 3 is 2.53 bits per heavy atom. The standard InChI is InChI=1S/C14H16BrNO3/c1-16(5-4-9-2-3-9)13(17)10-6-11(14(18)19)8-12(15)7-10/h6-9H,2-5H2,1H3,(H,18,19). The van der Waals surface area contributed by atoms with E-state index in [4.69, 9.17) is 5.11 Å². The molecule has 0 bridgehead atoms. The number of carboxylic acids is 1. The molecule has 0 atom stereocenters. The van der Waals surface area contributed by atoms with Crippen molar-refractivity contribution in [3.63, 3.8) is 0 Å². The maximum absolute atomic E-state index is 12.2. The molecule has 1 N–H and O–H groups in total. The van der Waals surface area contributed by atoms with Crippen LogP contribution < -0.4 is 0 Å². The maximum atomic E-state index is 12.2. The Morgan fingerprint density at radius 1 is 1.32 bits per heavy atom. The van der Waals surface area contributed by atoms with Crippen molar-refractivity contribution >= 4 is 27.8 Å². The van der Waals surface area contributed by atoms with Gasteiger partial charge in [0.15, 0.2) is 0 Å². The average Bonchev–Trinajstić information content (AvgIpc) is 3.18. The largest absolute Gasteiger partial charge is 0.478 e. The van der Waals surface area contributed by atoms with Gasteiger partial charge in [-0.1, -0.05) is 28.8 Å². The van der Waals surface area contributed by atoms with Crippen molar-refractivity contribution in [2.75, 3.05) is 13.6 Å². The van der Waals surface area contributed by atoms with Gasteiger partial charge in [-0.15, -0.1) is 0 Å². The molecule has 0 heterocycles. The number of carboxylic acid groups (broad SMARTS) is 1. The van der Waals surface area contributed by atoms with Crippen molar-refractivity contribution in [1.82, 2.24) is 4.90 Å². The molecule has 102 valence electrons. The zero-order chi connectivity index (χ0) is 14.0. The molecule has 0 spiro atoms. The molecule has 19 heavy (non-hydrogen) atoms. The molecule has 1 saturated carbocycles. The summed E-state index contributed by atoms with van der Waals surface area (Å²) in [7, 11) is 1.76. The molecule has 2 rings (SSSR count). The Labute approximate surface area is 120 Å². The minimum Gasteiger partial charge on any atom is -0.478 e. The quantitative estimate of drug-likeness (QED) is 0.905. The molecule has 4 nitrogen and oxygen atoms in total. The molecule has 1 aliphatic carbocycles. The second-order valence-corrected chi connectivity index (χ2v) is 5.91. The molecule has 0 radical (unpaired) electrons. The molecular formula is C14H16BrNO3. The highest BCUT2D eigenvalue weighted by Crippen LogP contribution is 2.32. The highest BCUT2D eigenvalue weighted by Gasteiger charge is 2.23. The van der Waals surface area contributed by atoms with Gasteiger partial charge in [0, 0.05) is 23.6 Å². The fourth-order valence-electron chi connectivity index (χ4n) is 1.94. The van der Waals surface area contributed by atoms with Crippen LogP contribution in [-0.2, 0) is 0 Å². The van der Waals surface area contributed by atoms with Crippen molar-refractivity contribution in [2.45, 2.75) is 19.3 Å². The van der Waals surface area contributed by atoms with E-state index in [-0.39, 0.29) is 11.5 Å². The fourth-order valence-corrected chi connectivity index (χ4v) is 2.43. The van der Waals surface area contributed by atoms with E-state index in [1.165, 1.54) is 25.0 Å². The van der Waals surface area contributed by atoms with Crippen LogP contribution in [0.2, 0.25) is 0 Å². The van der Waals surface area contributed by atoms with Gasteiger partial charge in [-0.2, -0.15) is 0 Å². The Hall–Kier alpha value is -1.36. The van der Waals surface area contributed by atoms with Crippen LogP contribution in [0.5, 0.6) is 0 Å². The molecule has 1 aliphatic rings. The van der Waals surface area contributed by atoms with Gasteiger partial charge in [0.05, 0.1) is 5.56 Å². The topological polar surface area (TPSA) is 57.6 Å². The first kappa shape index (κ1) is 14.1. The minimum atomic E-state index is -1.03. The maximum Gasteiger partial charge on any atom is 0.335 e. The number of hydrogen-bond acceptors (Lipinski definition) is 2. The third-order valence-electron chi connectivity index (χ3n) is 3.31. The molecule has 0 aliphatic heterocycles. The van der Waals surface area contributed by atoms with Crippen molar-refractivity contribution in [3.8, 4) is 0 Å². The number of amides is 1. The number of rotatable bonds is 5. The number of carbonyl (C=O) groups is 2. The van der Waals surface area contributed by atoms with E-state index < -0.39 is 5.97 Å². The molecule has 1 amide bonds. The first-order valence-corrected chi connectivity index (χ1v) is 7.06. The molecule has 0 aromatic heterocycles. The molecular weight excluding hydrogens is 310 g/mol. The SMILES string of the molecule is CN(CCC1CC1)C(=O)c1cc(Br)cc(C(=O)O)c1. The van der Waals surface area contributed by atoms with Crippen LogP contribution >= 0.6 is 15.9 Å². The second-order valence-electron chi connectivity index (χ2n) is 4.99. The van der Waals surface area contributed by atoms with Crippen LogP contribution in [-0.4, -0.2) is 35.5 Å². The van der Waals surface area contributed by atoms with E-state index >= 15 is 0 Å². The van der Waals surface area contributed by atoms with Gasteiger partial charge in [0.25, 0.3) is 5.91 Å². The number of nitrogens with zero attached hydrogens (tertiary/aromatic N) is 1. The van der Waals surface area contributed by atoms with Crippen LogP contribution in [0.1, 0.15) is 40.0 Å². The lowest BCUT2D eigenvalue weighted by Crippen LogP contribution is -2.28. The second kappa shape index (κ2) is 5.74. The van der Waals surface area contributed by atoms with E-state index in [0.717, 1.165) is 18.9 Å². The van der Waals surface area contributed by atoms with Crippen molar-refractivity contribution in [1.29, 1.82) is 0 Å². The summed E-state index contributed by atoms with van der Waals surface area (Å²) in [5.41, 5.74) is 0.526. The molecule has 0 unspecified atom stereocenters. The summed E-state index contributed by atoms with van der Waals surface area (Å²) in [5.74, 6) is -0.396. The zero-order valence-corrected chi connectivity index (χ0v) is 12.3. The van der Waals surface area contributed by atoms with Crippen LogP contribution in [0.25, 0.3) is 0 Å². The average molecular weight is 326 g/mol. The van der Waals surface area contributed by atoms with Gasteiger partial charge in [0.2, 0.25) is 0 Å². The van der Waals surface area contributed by atoms with Crippen molar-refractivity contribution in [3.05, 3.63) is 33.8 Å². The summed E-state index contributed by atoms with van der Waals surface area (Å²) in [6, 6.07) is 4.56. The molecule has 1 aromatic carbocycles. The lowest BCUT2D eigenvalue weighted by atomic mass is 10.1. The van der Waals surface area contributed by atoms with Crippen LogP contribution in [0.3, 0.4) is 0 Å². The molecule has 5 heteroatoms. The lowest BCUT2D eigenvalue weighted by molar-refractivity contribution is 0.0697. The molecule has 1 aromatic rings. The van der Waals surface area contributed by atoms with Crippen LogP contribution in [0.4, 0.5) is 0 Å². The summed E-state index contributed by atoms with van der Waals surface area (Å²) in [6.45, 7) is 0.721. The predicted molar refractivity (Wildman–Crippen MR) is 75.4 cm³/mol. The third-order valence-corrected chi connectivity index (χ3v) is 3.77. The van der Waals surface area contributed by atoms with Gasteiger partial charge in [-0.3, -0.25) is 4.79 Å². The first-order chi connectivity index (χ1) is 8.97. The van der Waals surface area contributed by atoms with E-state index in [9.17, 15) is 9.59 Å². The number of hydrogen-bond donors (Lipinski definition) is 1. The number of benzene rings is 1. The van der Waals surface area contributed by atoms with E-state index in [1.807, 2.05) is 0 Å². The minimum absolute atomic E-state index is 0.119. The van der Waals surface area contributed by atoms with Gasteiger partial charge in [-0.05, 0) is 30.5 Å². The van der Waals surface area contributed by atoms with Crippen LogP contribution in [0, 0.1) is 5.92 Å². The zero-order valence-electron chi connectivity index (χ0n) is 10.7. The molecule has 0 saturated heterocycles. The van der Waals surface area contributed by atoms with Crippen molar-refractivity contribution < 1.29 is 14.7 Å². The summed E-state index contributed by atoms with van der Waals surface area (Å²) < 4.78 is 0.603. The van der Waals surface area contributed by atoms with Crippen LogP contribution in [0.15, 0.2) is 22.7 Å². The Balaban J connectivity index is 2.10. The highest BCUT2D eigenvalue weighted by molar-refractivity contribution is 9.10. The predicted octanol–water partition coefficient (Wildman–Crippen LogP) is 3.02. The van der Waals surface area contributed by atoms with E-state index in [0.29, 0.717) is 10.0 Å². The summed E-state index contributed by atoms with van der Waals surface area (Å²) in [4.78, 5) is 24.9. The van der Waals surface area contributed by atoms with Gasteiger partial charge in [0.1, 0.15) is 0 Å². The monoisotopic (exact) mass is 325 g/mol. The number of aromatic carboxylic acids is 1. The Morgan fingerprint density at radius 2 is 1.95 bits per heavy atom. The normalized spacial score (nSPS) is 14.2. The summed E-state index contributed by atoms with van der Waals surface area (Å²) in [6.07, 6.45) is 3.56. The van der Waals surface area contributed by atoms with Gasteiger partial charge in [-0.25, -0.2) is 4.79 Å². The fraction of sp³-hybridized carbons (Fsp3) is 0.429. The first-order valence-electron chi connectivity index (χ1n) is 6.26. The highest BCUT2D eigenvalue weighted by atomic mass is 79.9. The van der Waals surface area contributed by atoms with E-state index in [2.05, 4.69) is 15.9 Å². The smallest absolute Gasteiger partial charge is 0.335 e. The lowest BCUT2D eigenvalue weighted by Gasteiger charge is -2.17. The summed E-state index contributed by atoms with van der Waals surface area (Å²) >= 11 is 3.24. The Bertz CT molecular complexity index is 511. The third kappa shape index (κ3) is 3.80. The molecule has 1 fully saturated rings. The van der Waals surface area contributed by atoms with E-state index in [1.54, 1.807) is 18.0 Å². The van der Waals surface area contributed by atoms with Gasteiger partial charge >= 0.3 is 5.97 Å². The van der Waals surface area contributed by atoms with Crippen molar-refractivity contribution in [2.24, 2.45) is 5.92 Å². The number of halogens is 1. The Kier molecular flexibility index (Phi) is 4.24. The summed E-state index contributed by atoms with van der Waals surface area (Å²) in [5, 5.41) is 8.99. The number of carbonyl (C=O) groups excluding carboxylic acids is 1.